The summed E-state index contributed by atoms with van der Waals surface area (Å²) in [6.45, 7) is 1.50. The number of rotatable bonds is 4. The second-order valence-corrected chi connectivity index (χ2v) is 4.77. The molecule has 1 atom stereocenters. The van der Waals surface area contributed by atoms with E-state index in [9.17, 15) is 4.79 Å². The third kappa shape index (κ3) is 2.60. The molecule has 0 bridgehead atoms. The summed E-state index contributed by atoms with van der Waals surface area (Å²) in [5.74, 6) is 0.323. The Bertz CT molecular complexity index is 771. The van der Waals surface area contributed by atoms with Crippen molar-refractivity contribution in [1.82, 2.24) is 0 Å². The number of hydrogen-bond donors (Lipinski definition) is 1. The van der Waals surface area contributed by atoms with E-state index in [-0.39, 0.29) is 0 Å². The highest BCUT2D eigenvalue weighted by Crippen LogP contribution is 2.31. The summed E-state index contributed by atoms with van der Waals surface area (Å²) in [5.41, 5.74) is 0.923. The predicted molar refractivity (Wildman–Crippen MR) is 79.4 cm³/mol. The van der Waals surface area contributed by atoms with Gasteiger partial charge in [0.1, 0.15) is 11.5 Å². The van der Waals surface area contributed by atoms with Crippen molar-refractivity contribution in [2.24, 2.45) is 0 Å². The van der Waals surface area contributed by atoms with Gasteiger partial charge < -0.3 is 14.3 Å². The number of fused-ring (bicyclic) bond motifs is 1. The van der Waals surface area contributed by atoms with Crippen LogP contribution in [0.2, 0.25) is 0 Å². The Morgan fingerprint density at radius 1 is 1.14 bits per heavy atom. The molecule has 0 fully saturated rings. The number of carboxylic acid groups (broad SMARTS) is 1. The SMILES string of the molecule is CC(Oc1ccc(-c2occ3ccccc23)cc1)C(=O)O. The minimum absolute atomic E-state index is 0.518. The molecule has 3 aromatic rings. The first-order valence-electron chi connectivity index (χ1n) is 6.61. The molecule has 4 heteroatoms. The Hall–Kier alpha value is -2.75. The van der Waals surface area contributed by atoms with Crippen molar-refractivity contribution in [2.45, 2.75) is 13.0 Å². The molecule has 0 amide bonds. The number of furan rings is 1. The molecular weight excluding hydrogens is 268 g/mol. The number of carboxylic acids is 1. The quantitative estimate of drug-likeness (QED) is 0.787. The molecule has 1 heterocycles. The van der Waals surface area contributed by atoms with E-state index in [2.05, 4.69) is 0 Å². The monoisotopic (exact) mass is 282 g/mol. The standard InChI is InChI=1S/C17H14O4/c1-11(17(18)19)21-14-8-6-12(7-9-14)16-15-5-3-2-4-13(15)10-20-16/h2-11H,1H3,(H,18,19). The summed E-state index contributed by atoms with van der Waals surface area (Å²) in [6, 6.07) is 15.1. The van der Waals surface area contributed by atoms with E-state index in [1.165, 1.54) is 6.92 Å². The van der Waals surface area contributed by atoms with Crippen molar-refractivity contribution in [3.63, 3.8) is 0 Å². The van der Waals surface area contributed by atoms with Crippen LogP contribution in [0.3, 0.4) is 0 Å². The maximum absolute atomic E-state index is 10.8. The second-order valence-electron chi connectivity index (χ2n) is 4.77. The zero-order valence-electron chi connectivity index (χ0n) is 11.4. The van der Waals surface area contributed by atoms with E-state index < -0.39 is 12.1 Å². The summed E-state index contributed by atoms with van der Waals surface area (Å²) in [6.07, 6.45) is 0.849. The van der Waals surface area contributed by atoms with Crippen molar-refractivity contribution in [1.29, 1.82) is 0 Å². The first-order chi connectivity index (χ1) is 10.1. The Kier molecular flexibility index (Phi) is 3.36. The van der Waals surface area contributed by atoms with Gasteiger partial charge in [-0.1, -0.05) is 24.3 Å². The van der Waals surface area contributed by atoms with Gasteiger partial charge in [0.15, 0.2) is 6.10 Å². The fourth-order valence-corrected chi connectivity index (χ4v) is 2.16. The van der Waals surface area contributed by atoms with Crippen LogP contribution in [0, 0.1) is 0 Å². The van der Waals surface area contributed by atoms with Crippen molar-refractivity contribution < 1.29 is 19.1 Å². The topological polar surface area (TPSA) is 59.7 Å². The molecule has 1 unspecified atom stereocenters. The molecule has 0 aliphatic rings. The fraction of sp³-hybridized carbons (Fsp3) is 0.118. The van der Waals surface area contributed by atoms with Crippen LogP contribution in [0.4, 0.5) is 0 Å². The first-order valence-corrected chi connectivity index (χ1v) is 6.61. The second kappa shape index (κ2) is 5.32. The highest BCUT2D eigenvalue weighted by atomic mass is 16.5. The lowest BCUT2D eigenvalue weighted by Gasteiger charge is -2.10. The molecule has 0 aliphatic carbocycles. The van der Waals surface area contributed by atoms with Gasteiger partial charge in [-0.25, -0.2) is 4.79 Å². The van der Waals surface area contributed by atoms with Crippen LogP contribution in [0.1, 0.15) is 6.92 Å². The largest absolute Gasteiger partial charge is 0.479 e. The van der Waals surface area contributed by atoms with E-state index in [0.717, 1.165) is 22.1 Å². The highest BCUT2D eigenvalue weighted by Gasteiger charge is 2.13. The summed E-state index contributed by atoms with van der Waals surface area (Å²) in [5, 5.41) is 10.9. The van der Waals surface area contributed by atoms with Gasteiger partial charge in [0.25, 0.3) is 0 Å². The van der Waals surface area contributed by atoms with Crippen molar-refractivity contribution in [3.8, 4) is 17.1 Å². The third-order valence-corrected chi connectivity index (χ3v) is 3.29. The predicted octanol–water partition coefficient (Wildman–Crippen LogP) is 3.95. The molecule has 1 N–H and O–H groups in total. The molecule has 3 rings (SSSR count). The van der Waals surface area contributed by atoms with Crippen molar-refractivity contribution in [3.05, 3.63) is 54.8 Å². The number of ether oxygens (including phenoxy) is 1. The Morgan fingerprint density at radius 3 is 2.57 bits per heavy atom. The average molecular weight is 282 g/mol. The van der Waals surface area contributed by atoms with Crippen LogP contribution in [0.25, 0.3) is 22.1 Å². The summed E-state index contributed by atoms with van der Waals surface area (Å²) in [7, 11) is 0. The third-order valence-electron chi connectivity index (χ3n) is 3.29. The lowest BCUT2D eigenvalue weighted by Crippen LogP contribution is -2.22. The average Bonchev–Trinajstić information content (AvgIpc) is 2.92. The van der Waals surface area contributed by atoms with E-state index in [1.807, 2.05) is 36.4 Å². The molecule has 1 aromatic heterocycles. The van der Waals surface area contributed by atoms with E-state index in [0.29, 0.717) is 5.75 Å². The van der Waals surface area contributed by atoms with E-state index >= 15 is 0 Å². The van der Waals surface area contributed by atoms with Gasteiger partial charge in [0, 0.05) is 16.3 Å². The van der Waals surface area contributed by atoms with Crippen molar-refractivity contribution in [2.75, 3.05) is 0 Å². The van der Waals surface area contributed by atoms with Crippen LogP contribution >= 0.6 is 0 Å². The molecule has 106 valence electrons. The lowest BCUT2D eigenvalue weighted by molar-refractivity contribution is -0.144. The minimum atomic E-state index is -0.990. The minimum Gasteiger partial charge on any atom is -0.479 e. The Morgan fingerprint density at radius 2 is 1.86 bits per heavy atom. The van der Waals surface area contributed by atoms with Gasteiger partial charge in [-0.3, -0.25) is 0 Å². The van der Waals surface area contributed by atoms with Crippen LogP contribution in [0.15, 0.2) is 59.2 Å². The summed E-state index contributed by atoms with van der Waals surface area (Å²) in [4.78, 5) is 10.8. The normalized spacial score (nSPS) is 12.2. The van der Waals surface area contributed by atoms with Gasteiger partial charge in [-0.15, -0.1) is 0 Å². The van der Waals surface area contributed by atoms with Crippen LogP contribution in [-0.4, -0.2) is 17.2 Å². The summed E-state index contributed by atoms with van der Waals surface area (Å²) >= 11 is 0. The number of carbonyl (C=O) groups is 1. The van der Waals surface area contributed by atoms with Crippen LogP contribution in [-0.2, 0) is 4.79 Å². The fourth-order valence-electron chi connectivity index (χ4n) is 2.16. The molecule has 0 aliphatic heterocycles. The smallest absolute Gasteiger partial charge is 0.344 e. The van der Waals surface area contributed by atoms with Gasteiger partial charge >= 0.3 is 5.97 Å². The maximum atomic E-state index is 10.8. The number of aliphatic carboxylic acids is 1. The van der Waals surface area contributed by atoms with Gasteiger partial charge in [-0.05, 0) is 31.2 Å². The zero-order valence-corrected chi connectivity index (χ0v) is 11.4. The molecule has 0 radical (unpaired) electrons. The van der Waals surface area contributed by atoms with Gasteiger partial charge in [0.2, 0.25) is 0 Å². The van der Waals surface area contributed by atoms with Crippen LogP contribution < -0.4 is 4.74 Å². The maximum Gasteiger partial charge on any atom is 0.344 e. The summed E-state index contributed by atoms with van der Waals surface area (Å²) < 4.78 is 10.9. The van der Waals surface area contributed by atoms with E-state index in [4.69, 9.17) is 14.3 Å². The van der Waals surface area contributed by atoms with Crippen molar-refractivity contribution >= 4 is 16.7 Å². The molecule has 0 saturated carbocycles. The number of hydrogen-bond acceptors (Lipinski definition) is 3. The number of benzene rings is 2. The molecule has 21 heavy (non-hydrogen) atoms. The molecule has 4 nitrogen and oxygen atoms in total. The first kappa shape index (κ1) is 13.2. The highest BCUT2D eigenvalue weighted by molar-refractivity contribution is 5.94. The lowest BCUT2D eigenvalue weighted by atomic mass is 10.1. The van der Waals surface area contributed by atoms with Gasteiger partial charge in [0.05, 0.1) is 6.26 Å². The van der Waals surface area contributed by atoms with E-state index in [1.54, 1.807) is 18.4 Å². The zero-order chi connectivity index (χ0) is 14.8. The Balaban J connectivity index is 1.89. The van der Waals surface area contributed by atoms with Crippen LogP contribution in [0.5, 0.6) is 5.75 Å². The molecule has 2 aromatic carbocycles. The Labute approximate surface area is 121 Å². The molecular formula is C17H14O4. The molecule has 0 saturated heterocycles. The molecule has 0 spiro atoms. The van der Waals surface area contributed by atoms with Gasteiger partial charge in [-0.2, -0.15) is 0 Å².